The molecular formula is C29H27Cl2N5O. The van der Waals surface area contributed by atoms with E-state index in [0.29, 0.717) is 21.4 Å². The summed E-state index contributed by atoms with van der Waals surface area (Å²) in [7, 11) is 1.74. The maximum Gasteiger partial charge on any atom is 0.270 e. The van der Waals surface area contributed by atoms with Crippen LogP contribution in [-0.2, 0) is 7.05 Å². The second kappa shape index (κ2) is 10.5. The lowest BCUT2D eigenvalue weighted by molar-refractivity contribution is 0.135. The smallest absolute Gasteiger partial charge is 0.270 e. The quantitative estimate of drug-likeness (QED) is 0.276. The molecule has 0 aliphatic carbocycles. The third kappa shape index (κ3) is 4.95. The van der Waals surface area contributed by atoms with Crippen LogP contribution in [0.5, 0.6) is 0 Å². The molecule has 8 heteroatoms. The number of hydrogen-bond donors (Lipinski definition) is 0. The fourth-order valence-corrected chi connectivity index (χ4v) is 5.51. The van der Waals surface area contributed by atoms with Crippen molar-refractivity contribution in [3.05, 3.63) is 110 Å². The van der Waals surface area contributed by atoms with Crippen LogP contribution in [-0.4, -0.2) is 40.1 Å². The number of fused-ring (bicyclic) bond motifs is 1. The van der Waals surface area contributed by atoms with E-state index in [4.69, 9.17) is 29.8 Å². The molecule has 188 valence electrons. The third-order valence-corrected chi connectivity index (χ3v) is 7.72. The molecule has 0 unspecified atom stereocenters. The average Bonchev–Trinajstić information content (AvgIpc) is 2.92. The van der Waals surface area contributed by atoms with Crippen LogP contribution in [0.1, 0.15) is 30.5 Å². The number of hydrogen-bond acceptors (Lipinski definition) is 4. The highest BCUT2D eigenvalue weighted by molar-refractivity contribution is 6.30. The molecule has 0 N–H and O–H groups in total. The van der Waals surface area contributed by atoms with Gasteiger partial charge in [-0.25, -0.2) is 0 Å². The van der Waals surface area contributed by atoms with Gasteiger partial charge in [0.2, 0.25) is 5.52 Å². The minimum Gasteiger partial charge on any atom is -0.365 e. The Morgan fingerprint density at radius 1 is 1.00 bits per heavy atom. The van der Waals surface area contributed by atoms with Gasteiger partial charge in [-0.05, 0) is 53.9 Å². The van der Waals surface area contributed by atoms with Crippen molar-refractivity contribution in [1.82, 2.24) is 14.5 Å². The Morgan fingerprint density at radius 2 is 1.62 bits per heavy atom. The van der Waals surface area contributed by atoms with Crippen LogP contribution in [0.2, 0.25) is 10.0 Å². The van der Waals surface area contributed by atoms with Crippen LogP contribution in [0, 0.1) is 6.57 Å². The highest BCUT2D eigenvalue weighted by Crippen LogP contribution is 2.36. The van der Waals surface area contributed by atoms with Crippen molar-refractivity contribution < 1.29 is 0 Å². The fraction of sp³-hybridized carbons (Fsp3) is 0.276. The molecule has 0 spiro atoms. The van der Waals surface area contributed by atoms with Gasteiger partial charge in [-0.1, -0.05) is 61.0 Å². The first kappa shape index (κ1) is 25.3. The molecule has 0 bridgehead atoms. The van der Waals surface area contributed by atoms with Gasteiger partial charge in [0.25, 0.3) is 11.4 Å². The van der Waals surface area contributed by atoms with Gasteiger partial charge in [0, 0.05) is 48.8 Å². The highest BCUT2D eigenvalue weighted by atomic mass is 35.5. The van der Waals surface area contributed by atoms with Crippen molar-refractivity contribution in [3.8, 4) is 0 Å². The van der Waals surface area contributed by atoms with E-state index < -0.39 is 0 Å². The van der Waals surface area contributed by atoms with Crippen molar-refractivity contribution >= 4 is 45.7 Å². The minimum absolute atomic E-state index is 0.0360. The summed E-state index contributed by atoms with van der Waals surface area (Å²) in [6, 6.07) is 21.5. The Morgan fingerprint density at radius 3 is 2.19 bits per heavy atom. The molecule has 37 heavy (non-hydrogen) atoms. The van der Waals surface area contributed by atoms with E-state index in [-0.39, 0.29) is 17.6 Å². The number of aryl methyl sites for hydroxylation is 1. The fourth-order valence-electron chi connectivity index (χ4n) is 5.26. The number of anilines is 1. The molecule has 0 saturated carbocycles. The van der Waals surface area contributed by atoms with Gasteiger partial charge in [0.1, 0.15) is 0 Å². The average molecular weight is 532 g/mol. The van der Waals surface area contributed by atoms with Crippen LogP contribution < -0.4 is 10.5 Å². The Bertz CT molecular complexity index is 1480. The summed E-state index contributed by atoms with van der Waals surface area (Å²) < 4.78 is 1.59. The summed E-state index contributed by atoms with van der Waals surface area (Å²) >= 11 is 12.4. The van der Waals surface area contributed by atoms with Crippen LogP contribution in [0.25, 0.3) is 15.9 Å². The lowest BCUT2D eigenvalue weighted by Gasteiger charge is -2.46. The lowest BCUT2D eigenvalue weighted by atomic mass is 9.93. The number of aromatic nitrogens is 2. The summed E-state index contributed by atoms with van der Waals surface area (Å²) in [5.74, 6) is 0.323. The van der Waals surface area contributed by atoms with E-state index in [1.165, 1.54) is 11.1 Å². The first-order valence-electron chi connectivity index (χ1n) is 12.3. The minimum atomic E-state index is -0.0875. The molecule has 1 atom stereocenters. The van der Waals surface area contributed by atoms with Gasteiger partial charge < -0.3 is 14.3 Å². The Hall–Kier alpha value is -3.37. The van der Waals surface area contributed by atoms with Crippen LogP contribution in [0.4, 0.5) is 11.5 Å². The number of nitrogens with zero attached hydrogens (tertiary/aromatic N) is 5. The maximum absolute atomic E-state index is 12.8. The number of benzene rings is 2. The van der Waals surface area contributed by atoms with Gasteiger partial charge in [0.05, 0.1) is 17.2 Å². The molecule has 6 nitrogen and oxygen atoms in total. The Balaban J connectivity index is 1.54. The molecule has 1 saturated heterocycles. The molecule has 1 aliphatic heterocycles. The molecule has 3 heterocycles. The van der Waals surface area contributed by atoms with Crippen molar-refractivity contribution in [3.63, 3.8) is 0 Å². The van der Waals surface area contributed by atoms with E-state index in [1.54, 1.807) is 23.7 Å². The van der Waals surface area contributed by atoms with E-state index in [1.807, 2.05) is 30.3 Å². The SMILES string of the molecule is [C-]#[N+]c1ccc2c(n1)c(N1CCN(C(c3ccc(Cl)cc3)c3ccc(Cl)cc3)[C@H](CC)C1)cc(=O)n2C. The van der Waals surface area contributed by atoms with Crippen LogP contribution in [0.15, 0.2) is 71.5 Å². The van der Waals surface area contributed by atoms with Gasteiger partial charge in [-0.3, -0.25) is 9.69 Å². The lowest BCUT2D eigenvalue weighted by Crippen LogP contribution is -2.54. The highest BCUT2D eigenvalue weighted by Gasteiger charge is 2.34. The molecule has 4 aromatic rings. The second-order valence-electron chi connectivity index (χ2n) is 9.33. The van der Waals surface area contributed by atoms with Crippen molar-refractivity contribution in [2.45, 2.75) is 25.4 Å². The summed E-state index contributed by atoms with van der Waals surface area (Å²) in [6.07, 6.45) is 0.928. The molecule has 5 rings (SSSR count). The molecule has 2 aromatic heterocycles. The molecule has 1 aliphatic rings. The molecule has 2 aromatic carbocycles. The van der Waals surface area contributed by atoms with Crippen LogP contribution in [0.3, 0.4) is 0 Å². The van der Waals surface area contributed by atoms with Gasteiger partial charge >= 0.3 is 0 Å². The predicted molar refractivity (Wildman–Crippen MR) is 151 cm³/mol. The molecule has 1 fully saturated rings. The third-order valence-electron chi connectivity index (χ3n) is 7.21. The van der Waals surface area contributed by atoms with Crippen molar-refractivity contribution in [1.29, 1.82) is 0 Å². The zero-order valence-electron chi connectivity index (χ0n) is 20.7. The normalized spacial score (nSPS) is 16.3. The number of halogens is 2. The first-order chi connectivity index (χ1) is 17.9. The number of rotatable bonds is 5. The van der Waals surface area contributed by atoms with Gasteiger partial charge in [0.15, 0.2) is 0 Å². The van der Waals surface area contributed by atoms with Crippen molar-refractivity contribution in [2.75, 3.05) is 24.5 Å². The number of piperazine rings is 1. The first-order valence-corrected chi connectivity index (χ1v) is 13.0. The van der Waals surface area contributed by atoms with E-state index >= 15 is 0 Å². The summed E-state index contributed by atoms with van der Waals surface area (Å²) in [5.41, 5.74) is 4.45. The summed E-state index contributed by atoms with van der Waals surface area (Å²) in [6.45, 7) is 11.9. The standard InChI is InChI=1S/C29H27Cl2N5O/c1-4-23-18-35(25-17-27(37)34(3)24-13-14-26(32-2)33-28(24)25)15-16-36(23)29(19-5-9-21(30)10-6-19)20-7-11-22(31)12-8-20/h5-14,17,23,29H,4,15-16,18H2,1,3H3/t23-/m1/s1. The van der Waals surface area contributed by atoms with Crippen molar-refractivity contribution in [2.24, 2.45) is 7.05 Å². The molecular weight excluding hydrogens is 505 g/mol. The largest absolute Gasteiger partial charge is 0.365 e. The van der Waals surface area contributed by atoms with E-state index in [0.717, 1.165) is 37.3 Å². The van der Waals surface area contributed by atoms with E-state index in [2.05, 4.69) is 50.8 Å². The van der Waals surface area contributed by atoms with Gasteiger partial charge in [-0.15, -0.1) is 4.98 Å². The topological polar surface area (TPSA) is 45.7 Å². The predicted octanol–water partition coefficient (Wildman–Crippen LogP) is 6.48. The zero-order chi connectivity index (χ0) is 26.1. The Labute approximate surface area is 226 Å². The Kier molecular flexibility index (Phi) is 7.21. The second-order valence-corrected chi connectivity index (χ2v) is 10.2. The maximum atomic E-state index is 12.8. The molecule has 0 radical (unpaired) electrons. The van der Waals surface area contributed by atoms with E-state index in [9.17, 15) is 4.79 Å². The zero-order valence-corrected chi connectivity index (χ0v) is 22.2. The monoisotopic (exact) mass is 531 g/mol. The van der Waals surface area contributed by atoms with Gasteiger partial charge in [-0.2, -0.15) is 0 Å². The summed E-state index contributed by atoms with van der Waals surface area (Å²) in [5, 5.41) is 1.42. The molecule has 0 amide bonds. The summed E-state index contributed by atoms with van der Waals surface area (Å²) in [4.78, 5) is 25.7. The number of pyridine rings is 2. The van der Waals surface area contributed by atoms with Crippen LogP contribution >= 0.6 is 23.2 Å².